The molecule has 0 atom stereocenters. The van der Waals surface area contributed by atoms with Crippen molar-refractivity contribution >= 4 is 24.2 Å². The molecule has 0 radical (unpaired) electrons. The molecule has 4 nitrogen and oxygen atoms in total. The minimum atomic E-state index is -0.442. The van der Waals surface area contributed by atoms with Crippen LogP contribution < -0.4 is 5.46 Å². The number of aromatic nitrogens is 2. The Kier molecular flexibility index (Phi) is 3.39. The van der Waals surface area contributed by atoms with E-state index in [0.29, 0.717) is 5.02 Å². The van der Waals surface area contributed by atoms with E-state index in [0.717, 1.165) is 16.7 Å². The minimum absolute atomic E-state index is 0.374. The molecule has 1 aliphatic rings. The lowest BCUT2D eigenvalue weighted by Crippen LogP contribution is -2.41. The lowest BCUT2D eigenvalue weighted by molar-refractivity contribution is 0.00578. The van der Waals surface area contributed by atoms with Gasteiger partial charge in [0.05, 0.1) is 16.9 Å². The highest BCUT2D eigenvalue weighted by Gasteiger charge is 2.52. The summed E-state index contributed by atoms with van der Waals surface area (Å²) in [7, 11) is -0.442. The van der Waals surface area contributed by atoms with Crippen molar-refractivity contribution in [3.63, 3.8) is 0 Å². The largest absolute Gasteiger partial charge is 0.498 e. The summed E-state index contributed by atoms with van der Waals surface area (Å²) in [4.78, 5) is 0. The molecule has 1 aliphatic heterocycles. The number of rotatable bonds is 2. The van der Waals surface area contributed by atoms with Crippen LogP contribution in [0.25, 0.3) is 11.3 Å². The van der Waals surface area contributed by atoms with E-state index in [9.17, 15) is 0 Å². The second-order valence-electron chi connectivity index (χ2n) is 6.30. The highest BCUT2D eigenvalue weighted by molar-refractivity contribution is 6.63. The number of nitrogens with zero attached hydrogens (tertiary/aromatic N) is 1. The van der Waals surface area contributed by atoms with Gasteiger partial charge in [0.15, 0.2) is 0 Å². The molecule has 1 fully saturated rings. The number of H-pyrrole nitrogens is 1. The third-order valence-corrected chi connectivity index (χ3v) is 4.52. The number of hydrogen-bond donors (Lipinski definition) is 1. The van der Waals surface area contributed by atoms with E-state index in [1.54, 1.807) is 6.20 Å². The third kappa shape index (κ3) is 2.50. The summed E-state index contributed by atoms with van der Waals surface area (Å²) >= 11 is 6.07. The third-order valence-electron chi connectivity index (χ3n) is 4.29. The molecule has 1 N–H and O–H groups in total. The Labute approximate surface area is 129 Å². The molecule has 1 saturated heterocycles. The Morgan fingerprint density at radius 2 is 1.81 bits per heavy atom. The zero-order valence-corrected chi connectivity index (χ0v) is 13.4. The fourth-order valence-electron chi connectivity index (χ4n) is 2.32. The molecular formula is C15H18BClN2O2. The second kappa shape index (κ2) is 4.87. The first kappa shape index (κ1) is 14.6. The Bertz CT molecular complexity index is 653. The first-order valence-electron chi connectivity index (χ1n) is 6.95. The van der Waals surface area contributed by atoms with Crippen molar-refractivity contribution in [3.05, 3.63) is 35.5 Å². The Morgan fingerprint density at radius 1 is 1.14 bits per heavy atom. The van der Waals surface area contributed by atoms with E-state index in [4.69, 9.17) is 20.9 Å². The van der Waals surface area contributed by atoms with Gasteiger partial charge in [0.1, 0.15) is 0 Å². The van der Waals surface area contributed by atoms with Gasteiger partial charge in [-0.2, -0.15) is 5.10 Å². The molecule has 110 valence electrons. The Hall–Kier alpha value is -1.30. The molecule has 6 heteroatoms. The van der Waals surface area contributed by atoms with Crippen LogP contribution in [0.1, 0.15) is 27.7 Å². The summed E-state index contributed by atoms with van der Waals surface area (Å²) < 4.78 is 12.2. The van der Waals surface area contributed by atoms with Crippen molar-refractivity contribution in [1.29, 1.82) is 0 Å². The predicted octanol–water partition coefficient (Wildman–Crippen LogP) is 3.03. The molecule has 1 aromatic heterocycles. The molecule has 0 unspecified atom stereocenters. The van der Waals surface area contributed by atoms with Crippen molar-refractivity contribution in [3.8, 4) is 11.3 Å². The minimum Gasteiger partial charge on any atom is -0.399 e. The molecular weight excluding hydrogens is 286 g/mol. The van der Waals surface area contributed by atoms with Gasteiger partial charge in [0.2, 0.25) is 0 Å². The van der Waals surface area contributed by atoms with Crippen molar-refractivity contribution < 1.29 is 9.31 Å². The topological polar surface area (TPSA) is 47.1 Å². The molecule has 0 spiro atoms. The van der Waals surface area contributed by atoms with Crippen LogP contribution in [0.4, 0.5) is 0 Å². The van der Waals surface area contributed by atoms with Crippen LogP contribution in [-0.2, 0) is 9.31 Å². The van der Waals surface area contributed by atoms with E-state index in [1.165, 1.54) is 0 Å². The van der Waals surface area contributed by atoms with Crippen molar-refractivity contribution in [1.82, 2.24) is 10.2 Å². The first-order chi connectivity index (χ1) is 9.80. The smallest absolute Gasteiger partial charge is 0.399 e. The molecule has 2 heterocycles. The summed E-state index contributed by atoms with van der Waals surface area (Å²) in [6.07, 6.45) is 1.75. The quantitative estimate of drug-likeness (QED) is 0.868. The van der Waals surface area contributed by atoms with Crippen LogP contribution in [0.3, 0.4) is 0 Å². The molecule has 0 saturated carbocycles. The van der Waals surface area contributed by atoms with Crippen LogP contribution >= 0.6 is 11.6 Å². The number of halogens is 1. The van der Waals surface area contributed by atoms with E-state index < -0.39 is 7.12 Å². The van der Waals surface area contributed by atoms with Crippen LogP contribution in [-0.4, -0.2) is 28.5 Å². The van der Waals surface area contributed by atoms with E-state index in [2.05, 4.69) is 10.2 Å². The van der Waals surface area contributed by atoms with Gasteiger partial charge >= 0.3 is 7.12 Å². The number of hydrogen-bond acceptors (Lipinski definition) is 3. The van der Waals surface area contributed by atoms with Gasteiger partial charge in [0, 0.05) is 22.2 Å². The molecule has 2 aromatic rings. The van der Waals surface area contributed by atoms with E-state index in [1.807, 2.05) is 52.0 Å². The summed E-state index contributed by atoms with van der Waals surface area (Å²) in [5.41, 5.74) is 1.97. The zero-order valence-electron chi connectivity index (χ0n) is 12.6. The number of aromatic amines is 1. The SMILES string of the molecule is CC1(C)OB(c2cn[nH]c2-c2cccc(Cl)c2)OC1(C)C. The molecule has 0 amide bonds. The normalized spacial score (nSPS) is 20.0. The monoisotopic (exact) mass is 304 g/mol. The van der Waals surface area contributed by atoms with Crippen molar-refractivity contribution in [2.45, 2.75) is 38.9 Å². The van der Waals surface area contributed by atoms with Gasteiger partial charge < -0.3 is 9.31 Å². The van der Waals surface area contributed by atoms with Crippen LogP contribution in [0.5, 0.6) is 0 Å². The molecule has 21 heavy (non-hydrogen) atoms. The first-order valence-corrected chi connectivity index (χ1v) is 7.33. The highest BCUT2D eigenvalue weighted by Crippen LogP contribution is 2.37. The van der Waals surface area contributed by atoms with Crippen molar-refractivity contribution in [2.24, 2.45) is 0 Å². The summed E-state index contributed by atoms with van der Waals surface area (Å²) in [5, 5.41) is 7.83. The van der Waals surface area contributed by atoms with Crippen molar-refractivity contribution in [2.75, 3.05) is 0 Å². The standard InChI is InChI=1S/C15H18BClN2O2/c1-14(2)15(3,4)21-16(20-14)12-9-18-19-13(12)10-6-5-7-11(17)8-10/h5-9H,1-4H3,(H,18,19). The fraction of sp³-hybridized carbons (Fsp3) is 0.400. The van der Waals surface area contributed by atoms with Gasteiger partial charge in [-0.05, 0) is 39.8 Å². The molecule has 1 aromatic carbocycles. The second-order valence-corrected chi connectivity index (χ2v) is 6.74. The lowest BCUT2D eigenvalue weighted by Gasteiger charge is -2.32. The number of nitrogens with one attached hydrogen (secondary N) is 1. The van der Waals surface area contributed by atoms with Crippen LogP contribution in [0.2, 0.25) is 5.02 Å². The zero-order chi connectivity index (χ0) is 15.3. The summed E-state index contributed by atoms with van der Waals surface area (Å²) in [6, 6.07) is 7.63. The maximum Gasteiger partial charge on any atom is 0.498 e. The van der Waals surface area contributed by atoms with Gasteiger partial charge in [-0.15, -0.1) is 0 Å². The van der Waals surface area contributed by atoms with Gasteiger partial charge in [0.25, 0.3) is 0 Å². The fourth-order valence-corrected chi connectivity index (χ4v) is 2.51. The van der Waals surface area contributed by atoms with Crippen LogP contribution in [0.15, 0.2) is 30.5 Å². The van der Waals surface area contributed by atoms with E-state index in [-0.39, 0.29) is 11.2 Å². The maximum atomic E-state index is 6.09. The number of benzene rings is 1. The molecule has 0 aliphatic carbocycles. The lowest BCUT2D eigenvalue weighted by atomic mass is 9.78. The average molecular weight is 305 g/mol. The summed E-state index contributed by atoms with van der Waals surface area (Å²) in [6.45, 7) is 8.14. The molecule has 3 rings (SSSR count). The Morgan fingerprint density at radius 3 is 2.43 bits per heavy atom. The summed E-state index contributed by atoms with van der Waals surface area (Å²) in [5.74, 6) is 0. The molecule has 0 bridgehead atoms. The van der Waals surface area contributed by atoms with Gasteiger partial charge in [-0.25, -0.2) is 0 Å². The predicted molar refractivity (Wildman–Crippen MR) is 84.7 cm³/mol. The highest BCUT2D eigenvalue weighted by atomic mass is 35.5. The maximum absolute atomic E-state index is 6.09. The van der Waals surface area contributed by atoms with E-state index >= 15 is 0 Å². The van der Waals surface area contributed by atoms with Crippen LogP contribution in [0, 0.1) is 0 Å². The van der Waals surface area contributed by atoms with Gasteiger partial charge in [-0.1, -0.05) is 23.7 Å². The Balaban J connectivity index is 1.98. The average Bonchev–Trinajstić information content (AvgIpc) is 2.93. The van der Waals surface area contributed by atoms with Gasteiger partial charge in [-0.3, -0.25) is 5.10 Å².